The van der Waals surface area contributed by atoms with Crippen molar-refractivity contribution in [2.45, 2.75) is 18.8 Å². The van der Waals surface area contributed by atoms with Gasteiger partial charge in [-0.05, 0) is 25.0 Å². The van der Waals surface area contributed by atoms with E-state index < -0.39 is 0 Å². The van der Waals surface area contributed by atoms with Gasteiger partial charge in [0.1, 0.15) is 0 Å². The van der Waals surface area contributed by atoms with Crippen molar-refractivity contribution in [3.8, 4) is 0 Å². The third-order valence-electron chi connectivity index (χ3n) is 3.92. The fourth-order valence-electron chi connectivity index (χ4n) is 2.55. The molecule has 0 bridgehead atoms. The Morgan fingerprint density at radius 1 is 1.05 bits per heavy atom. The molecule has 6 heteroatoms. The highest BCUT2D eigenvalue weighted by atomic mass is 16.4. The minimum Gasteiger partial charge on any atom is -0.408 e. The number of aromatic nitrogens is 3. The van der Waals surface area contributed by atoms with Crippen LogP contribution in [0.4, 0.5) is 11.7 Å². The fraction of sp³-hybridized carbons (Fsp3) is 0.500. The molecular formula is C14H17N5O. The Labute approximate surface area is 117 Å². The van der Waals surface area contributed by atoms with Gasteiger partial charge in [0.05, 0.1) is 11.9 Å². The van der Waals surface area contributed by atoms with Crippen LogP contribution in [0, 0.1) is 0 Å². The molecular weight excluding hydrogens is 254 g/mol. The largest absolute Gasteiger partial charge is 0.408 e. The van der Waals surface area contributed by atoms with Gasteiger partial charge in [-0.3, -0.25) is 4.98 Å². The Morgan fingerprint density at radius 3 is 2.55 bits per heavy atom. The fourth-order valence-corrected chi connectivity index (χ4v) is 2.55. The Hall–Kier alpha value is -2.11. The maximum atomic E-state index is 5.76. The van der Waals surface area contributed by atoms with E-state index in [0.29, 0.717) is 11.9 Å². The summed E-state index contributed by atoms with van der Waals surface area (Å²) in [6.45, 7) is 3.71. The summed E-state index contributed by atoms with van der Waals surface area (Å²) in [7, 11) is 0. The lowest BCUT2D eigenvalue weighted by Gasteiger charge is -2.34. The lowest BCUT2D eigenvalue weighted by Crippen LogP contribution is -2.46. The van der Waals surface area contributed by atoms with Gasteiger partial charge in [0, 0.05) is 38.3 Å². The average Bonchev–Trinajstić information content (AvgIpc) is 3.26. The van der Waals surface area contributed by atoms with Crippen molar-refractivity contribution in [2.24, 2.45) is 0 Å². The molecule has 0 unspecified atom stereocenters. The summed E-state index contributed by atoms with van der Waals surface area (Å²) < 4.78 is 5.76. The second-order valence-corrected chi connectivity index (χ2v) is 5.38. The van der Waals surface area contributed by atoms with Crippen molar-refractivity contribution in [2.75, 3.05) is 36.0 Å². The van der Waals surface area contributed by atoms with E-state index in [4.69, 9.17) is 4.42 Å². The summed E-state index contributed by atoms with van der Waals surface area (Å²) in [5.74, 6) is 1.34. The molecule has 0 radical (unpaired) electrons. The molecule has 2 aromatic rings. The van der Waals surface area contributed by atoms with Crippen LogP contribution in [0.3, 0.4) is 0 Å². The van der Waals surface area contributed by atoms with E-state index in [0.717, 1.165) is 32.1 Å². The number of hydrogen-bond donors (Lipinski definition) is 0. The van der Waals surface area contributed by atoms with Gasteiger partial charge in [-0.2, -0.15) is 0 Å². The van der Waals surface area contributed by atoms with Crippen LogP contribution in [-0.2, 0) is 0 Å². The first-order chi connectivity index (χ1) is 9.90. The van der Waals surface area contributed by atoms with E-state index in [1.165, 1.54) is 18.5 Å². The number of nitrogens with zero attached hydrogens (tertiary/aromatic N) is 5. The van der Waals surface area contributed by atoms with Gasteiger partial charge in [0.2, 0.25) is 5.89 Å². The quantitative estimate of drug-likeness (QED) is 0.846. The highest BCUT2D eigenvalue weighted by Gasteiger charge is 2.30. The molecule has 1 saturated carbocycles. The van der Waals surface area contributed by atoms with Crippen molar-refractivity contribution >= 4 is 11.7 Å². The van der Waals surface area contributed by atoms with Gasteiger partial charge in [-0.15, -0.1) is 5.10 Å². The number of anilines is 2. The van der Waals surface area contributed by atoms with E-state index in [-0.39, 0.29) is 0 Å². The second kappa shape index (κ2) is 4.77. The van der Waals surface area contributed by atoms with Gasteiger partial charge >= 0.3 is 6.01 Å². The molecule has 2 aliphatic rings. The van der Waals surface area contributed by atoms with Crippen LogP contribution in [0.2, 0.25) is 0 Å². The minimum absolute atomic E-state index is 0.521. The number of hydrogen-bond acceptors (Lipinski definition) is 6. The van der Waals surface area contributed by atoms with E-state index in [2.05, 4.69) is 31.0 Å². The van der Waals surface area contributed by atoms with Crippen molar-refractivity contribution in [1.82, 2.24) is 15.2 Å². The van der Waals surface area contributed by atoms with Crippen molar-refractivity contribution in [3.63, 3.8) is 0 Å². The first-order valence-corrected chi connectivity index (χ1v) is 7.13. The maximum Gasteiger partial charge on any atom is 0.318 e. The first-order valence-electron chi connectivity index (χ1n) is 7.13. The van der Waals surface area contributed by atoms with Gasteiger partial charge in [0.25, 0.3) is 0 Å². The molecule has 0 atom stereocenters. The molecule has 20 heavy (non-hydrogen) atoms. The van der Waals surface area contributed by atoms with Crippen molar-refractivity contribution in [3.05, 3.63) is 30.4 Å². The van der Waals surface area contributed by atoms with E-state index in [9.17, 15) is 0 Å². The molecule has 2 fully saturated rings. The predicted molar refractivity (Wildman–Crippen MR) is 74.9 cm³/mol. The molecule has 3 heterocycles. The van der Waals surface area contributed by atoms with Gasteiger partial charge < -0.3 is 14.2 Å². The van der Waals surface area contributed by atoms with E-state index in [1.54, 1.807) is 6.20 Å². The molecule has 2 aromatic heterocycles. The number of piperazine rings is 1. The summed E-state index contributed by atoms with van der Waals surface area (Å²) in [4.78, 5) is 8.68. The molecule has 1 aliphatic heterocycles. The summed E-state index contributed by atoms with van der Waals surface area (Å²) in [5.41, 5.74) is 1.18. The van der Waals surface area contributed by atoms with Crippen molar-refractivity contribution < 1.29 is 4.42 Å². The third-order valence-corrected chi connectivity index (χ3v) is 3.92. The van der Waals surface area contributed by atoms with Crippen LogP contribution in [0.15, 0.2) is 28.9 Å². The smallest absolute Gasteiger partial charge is 0.318 e. The lowest BCUT2D eigenvalue weighted by atomic mass is 10.3. The Morgan fingerprint density at radius 2 is 1.85 bits per heavy atom. The molecule has 1 aliphatic carbocycles. The lowest BCUT2D eigenvalue weighted by molar-refractivity contribution is 0.475. The third kappa shape index (κ3) is 2.21. The zero-order valence-electron chi connectivity index (χ0n) is 11.3. The summed E-state index contributed by atoms with van der Waals surface area (Å²) in [6.07, 6.45) is 6.10. The van der Waals surface area contributed by atoms with Gasteiger partial charge in [0.15, 0.2) is 0 Å². The zero-order chi connectivity index (χ0) is 13.4. The van der Waals surface area contributed by atoms with Gasteiger partial charge in [-0.1, -0.05) is 5.10 Å². The molecule has 0 spiro atoms. The number of rotatable bonds is 3. The molecule has 0 aromatic carbocycles. The monoisotopic (exact) mass is 271 g/mol. The predicted octanol–water partition coefficient (Wildman–Crippen LogP) is 1.67. The minimum atomic E-state index is 0.521. The normalized spacial score (nSPS) is 19.4. The SMILES string of the molecule is c1cncc(N2CCN(c3nnc(C4CC4)o3)CC2)c1. The van der Waals surface area contributed by atoms with Crippen LogP contribution >= 0.6 is 0 Å². The summed E-state index contributed by atoms with van der Waals surface area (Å²) in [5, 5.41) is 8.33. The van der Waals surface area contributed by atoms with Crippen molar-refractivity contribution in [1.29, 1.82) is 0 Å². The zero-order valence-corrected chi connectivity index (χ0v) is 11.3. The summed E-state index contributed by atoms with van der Waals surface area (Å²) >= 11 is 0. The highest BCUT2D eigenvalue weighted by molar-refractivity contribution is 5.45. The molecule has 0 amide bonds. The maximum absolute atomic E-state index is 5.76. The van der Waals surface area contributed by atoms with Crippen LogP contribution in [0.5, 0.6) is 0 Å². The van der Waals surface area contributed by atoms with Crippen LogP contribution in [0.25, 0.3) is 0 Å². The molecule has 104 valence electrons. The standard InChI is InChI=1S/C14H17N5O/c1-2-12(10-15-5-1)18-6-8-19(9-7-18)14-17-16-13(20-14)11-3-4-11/h1-2,5,10-11H,3-4,6-9H2. The molecule has 4 rings (SSSR count). The van der Waals surface area contributed by atoms with E-state index in [1.807, 2.05) is 12.3 Å². The van der Waals surface area contributed by atoms with Gasteiger partial charge in [-0.25, -0.2) is 0 Å². The average molecular weight is 271 g/mol. The second-order valence-electron chi connectivity index (χ2n) is 5.38. The Kier molecular flexibility index (Phi) is 2.79. The Bertz CT molecular complexity index is 572. The number of pyridine rings is 1. The Balaban J connectivity index is 1.41. The van der Waals surface area contributed by atoms with E-state index >= 15 is 0 Å². The molecule has 6 nitrogen and oxygen atoms in total. The van der Waals surface area contributed by atoms with Crippen LogP contribution in [0.1, 0.15) is 24.7 Å². The van der Waals surface area contributed by atoms with Crippen LogP contribution < -0.4 is 9.80 Å². The van der Waals surface area contributed by atoms with Crippen LogP contribution in [-0.4, -0.2) is 41.4 Å². The highest BCUT2D eigenvalue weighted by Crippen LogP contribution is 2.39. The topological polar surface area (TPSA) is 58.3 Å². The molecule has 0 N–H and O–H groups in total. The summed E-state index contributed by atoms with van der Waals surface area (Å²) in [6, 6.07) is 4.75. The first kappa shape index (κ1) is 11.7. The molecule has 1 saturated heterocycles.